The van der Waals surface area contributed by atoms with Crippen LogP contribution in [-0.4, -0.2) is 41.4 Å². The first-order valence-electron chi connectivity index (χ1n) is 7.64. The third-order valence-corrected chi connectivity index (χ3v) is 4.41. The van der Waals surface area contributed by atoms with Crippen molar-refractivity contribution in [1.29, 1.82) is 0 Å². The molecule has 1 aromatic rings. The van der Waals surface area contributed by atoms with Crippen LogP contribution in [0.5, 0.6) is 0 Å². The predicted molar refractivity (Wildman–Crippen MR) is 87.1 cm³/mol. The van der Waals surface area contributed by atoms with Crippen LogP contribution in [0.15, 0.2) is 11.0 Å². The lowest BCUT2D eigenvalue weighted by Crippen LogP contribution is -2.31. The molecule has 1 aliphatic rings. The summed E-state index contributed by atoms with van der Waals surface area (Å²) in [6.07, 6.45) is 6.45. The van der Waals surface area contributed by atoms with Crippen molar-refractivity contribution in [2.75, 3.05) is 26.0 Å². The van der Waals surface area contributed by atoms with E-state index >= 15 is 0 Å². The molecule has 1 N–H and O–H groups in total. The number of hydrogen-bond donors (Lipinski definition) is 1. The standard InChI is InChI=1S/C15H25ClN4O/c1-11-5-4-6-12(9-11)18-13-10-17-20(8-7-19(2)3)15(21)14(13)16/h10-12,18H,4-9H2,1-3H3. The van der Waals surface area contributed by atoms with E-state index in [1.165, 1.54) is 17.5 Å². The van der Waals surface area contributed by atoms with Crippen LogP contribution in [0.3, 0.4) is 0 Å². The molecule has 1 aromatic heterocycles. The Morgan fingerprint density at radius 1 is 1.48 bits per heavy atom. The number of likely N-dealkylation sites (N-methyl/N-ethyl adjacent to an activating group) is 1. The molecule has 0 amide bonds. The van der Waals surface area contributed by atoms with Gasteiger partial charge in [-0.3, -0.25) is 4.79 Å². The van der Waals surface area contributed by atoms with Gasteiger partial charge in [0.25, 0.3) is 5.56 Å². The van der Waals surface area contributed by atoms with Crippen LogP contribution in [0.2, 0.25) is 5.02 Å². The normalized spacial score (nSPS) is 22.5. The fourth-order valence-corrected chi connectivity index (χ4v) is 3.01. The monoisotopic (exact) mass is 312 g/mol. The average molecular weight is 313 g/mol. The predicted octanol–water partition coefficient (Wildman–Crippen LogP) is 2.45. The summed E-state index contributed by atoms with van der Waals surface area (Å²) < 4.78 is 1.43. The quantitative estimate of drug-likeness (QED) is 0.907. The lowest BCUT2D eigenvalue weighted by atomic mass is 9.87. The van der Waals surface area contributed by atoms with E-state index in [-0.39, 0.29) is 10.6 Å². The van der Waals surface area contributed by atoms with E-state index in [0.717, 1.165) is 25.3 Å². The Labute approximate surface area is 131 Å². The molecule has 6 heteroatoms. The molecule has 21 heavy (non-hydrogen) atoms. The van der Waals surface area contributed by atoms with Gasteiger partial charge in [-0.05, 0) is 32.9 Å². The van der Waals surface area contributed by atoms with Gasteiger partial charge in [0.2, 0.25) is 0 Å². The van der Waals surface area contributed by atoms with Crippen molar-refractivity contribution in [3.63, 3.8) is 0 Å². The van der Waals surface area contributed by atoms with E-state index in [9.17, 15) is 4.79 Å². The van der Waals surface area contributed by atoms with Gasteiger partial charge in [0.05, 0.1) is 18.4 Å². The van der Waals surface area contributed by atoms with Crippen LogP contribution in [0.4, 0.5) is 5.69 Å². The van der Waals surface area contributed by atoms with Crippen LogP contribution < -0.4 is 10.9 Å². The minimum Gasteiger partial charge on any atom is -0.380 e. The maximum atomic E-state index is 12.2. The van der Waals surface area contributed by atoms with Gasteiger partial charge in [-0.25, -0.2) is 4.68 Å². The van der Waals surface area contributed by atoms with E-state index in [2.05, 4.69) is 17.3 Å². The highest BCUT2D eigenvalue weighted by Crippen LogP contribution is 2.27. The zero-order valence-electron chi connectivity index (χ0n) is 13.1. The minimum atomic E-state index is -0.215. The first kappa shape index (κ1) is 16.3. The molecule has 2 atom stereocenters. The van der Waals surface area contributed by atoms with Crippen LogP contribution in [0, 0.1) is 5.92 Å². The van der Waals surface area contributed by atoms with E-state index in [1.54, 1.807) is 6.20 Å². The smallest absolute Gasteiger partial charge is 0.287 e. The lowest BCUT2D eigenvalue weighted by molar-refractivity contribution is 0.358. The number of rotatable bonds is 5. The number of nitrogens with one attached hydrogen (secondary N) is 1. The number of nitrogens with zero attached hydrogens (tertiary/aromatic N) is 3. The fraction of sp³-hybridized carbons (Fsp3) is 0.733. The molecule has 2 unspecified atom stereocenters. The molecule has 2 rings (SSSR count). The van der Waals surface area contributed by atoms with Gasteiger partial charge in [-0.15, -0.1) is 0 Å². The Bertz CT molecular complexity index is 529. The van der Waals surface area contributed by atoms with Crippen molar-refractivity contribution in [2.45, 2.75) is 45.2 Å². The molecule has 0 aliphatic heterocycles. The zero-order valence-corrected chi connectivity index (χ0v) is 13.9. The summed E-state index contributed by atoms with van der Waals surface area (Å²) in [5, 5.41) is 7.87. The highest BCUT2D eigenvalue weighted by atomic mass is 35.5. The number of anilines is 1. The van der Waals surface area contributed by atoms with Gasteiger partial charge in [0, 0.05) is 12.6 Å². The summed E-state index contributed by atoms with van der Waals surface area (Å²) in [5.74, 6) is 0.725. The molecule has 118 valence electrons. The largest absolute Gasteiger partial charge is 0.380 e. The Morgan fingerprint density at radius 3 is 2.90 bits per heavy atom. The summed E-state index contributed by atoms with van der Waals surface area (Å²) in [7, 11) is 3.93. The van der Waals surface area contributed by atoms with Gasteiger partial charge in [0.15, 0.2) is 0 Å². The van der Waals surface area contributed by atoms with Gasteiger partial charge < -0.3 is 10.2 Å². The van der Waals surface area contributed by atoms with Crippen molar-refractivity contribution in [3.8, 4) is 0 Å². The van der Waals surface area contributed by atoms with E-state index < -0.39 is 0 Å². The summed E-state index contributed by atoms with van der Waals surface area (Å²) in [6.45, 7) is 3.58. The second kappa shape index (κ2) is 7.27. The first-order valence-corrected chi connectivity index (χ1v) is 8.02. The van der Waals surface area contributed by atoms with Crippen LogP contribution in [-0.2, 0) is 6.54 Å². The SMILES string of the molecule is CC1CCCC(Nc2cnn(CCN(C)C)c(=O)c2Cl)C1. The van der Waals surface area contributed by atoms with Crippen LogP contribution in [0.1, 0.15) is 32.6 Å². The Kier molecular flexibility index (Phi) is 5.65. The third-order valence-electron chi connectivity index (χ3n) is 4.04. The Hall–Kier alpha value is -1.07. The number of hydrogen-bond acceptors (Lipinski definition) is 4. The first-order chi connectivity index (χ1) is 9.97. The highest BCUT2D eigenvalue weighted by Gasteiger charge is 2.20. The summed E-state index contributed by atoms with van der Waals surface area (Å²) in [4.78, 5) is 14.2. The molecule has 0 bridgehead atoms. The molecule has 1 heterocycles. The van der Waals surface area contributed by atoms with Crippen molar-refractivity contribution in [1.82, 2.24) is 14.7 Å². The maximum absolute atomic E-state index is 12.2. The summed E-state index contributed by atoms with van der Waals surface area (Å²) >= 11 is 6.22. The molecule has 0 aromatic carbocycles. The van der Waals surface area contributed by atoms with Gasteiger partial charge >= 0.3 is 0 Å². The molecule has 5 nitrogen and oxygen atoms in total. The maximum Gasteiger partial charge on any atom is 0.287 e. The number of halogens is 1. The van der Waals surface area contributed by atoms with Gasteiger partial charge in [0.1, 0.15) is 5.02 Å². The van der Waals surface area contributed by atoms with Gasteiger partial charge in [-0.2, -0.15) is 5.10 Å². The molecule has 1 aliphatic carbocycles. The van der Waals surface area contributed by atoms with Crippen molar-refractivity contribution < 1.29 is 0 Å². The number of aromatic nitrogens is 2. The van der Waals surface area contributed by atoms with E-state index in [4.69, 9.17) is 11.6 Å². The lowest BCUT2D eigenvalue weighted by Gasteiger charge is -2.28. The molecule has 1 fully saturated rings. The van der Waals surface area contributed by atoms with Crippen molar-refractivity contribution in [3.05, 3.63) is 21.6 Å². The molecule has 0 saturated heterocycles. The average Bonchev–Trinajstić information content (AvgIpc) is 2.43. The zero-order chi connectivity index (χ0) is 15.4. The van der Waals surface area contributed by atoms with E-state index in [1.807, 2.05) is 19.0 Å². The van der Waals surface area contributed by atoms with E-state index in [0.29, 0.717) is 18.3 Å². The Morgan fingerprint density at radius 2 is 2.24 bits per heavy atom. The second-order valence-corrected chi connectivity index (χ2v) is 6.69. The van der Waals surface area contributed by atoms with Gasteiger partial charge in [-0.1, -0.05) is 31.4 Å². The summed E-state index contributed by atoms with van der Waals surface area (Å²) in [5.41, 5.74) is 0.453. The molecule has 0 radical (unpaired) electrons. The highest BCUT2D eigenvalue weighted by molar-refractivity contribution is 6.32. The third kappa shape index (κ3) is 4.45. The Balaban J connectivity index is 2.07. The van der Waals surface area contributed by atoms with Crippen molar-refractivity contribution >= 4 is 17.3 Å². The molecule has 0 spiro atoms. The molecular formula is C15H25ClN4O. The summed E-state index contributed by atoms with van der Waals surface area (Å²) in [6, 6.07) is 0.394. The van der Waals surface area contributed by atoms with Crippen molar-refractivity contribution in [2.24, 2.45) is 5.92 Å². The molecular weight excluding hydrogens is 288 g/mol. The minimum absolute atomic E-state index is 0.215. The van der Waals surface area contributed by atoms with Crippen LogP contribution in [0.25, 0.3) is 0 Å². The van der Waals surface area contributed by atoms with Crippen LogP contribution >= 0.6 is 11.6 Å². The topological polar surface area (TPSA) is 50.2 Å². The fourth-order valence-electron chi connectivity index (χ4n) is 2.80. The second-order valence-electron chi connectivity index (χ2n) is 6.32. The molecule has 1 saturated carbocycles.